The van der Waals surface area contributed by atoms with Gasteiger partial charge in [-0.15, -0.1) is 0 Å². The van der Waals surface area contributed by atoms with Crippen LogP contribution in [0.3, 0.4) is 0 Å². The van der Waals surface area contributed by atoms with Gasteiger partial charge in [0.15, 0.2) is 0 Å². The molecule has 154 valence electrons. The van der Waals surface area contributed by atoms with Crippen molar-refractivity contribution in [1.82, 2.24) is 0 Å². The Hall–Kier alpha value is -0.863. The van der Waals surface area contributed by atoms with Crippen LogP contribution in [-0.2, 0) is 22.8 Å². The van der Waals surface area contributed by atoms with Crippen molar-refractivity contribution < 1.29 is 22.8 Å². The van der Waals surface area contributed by atoms with E-state index >= 15 is 0 Å². The smallest absolute Gasteiger partial charge is 0.466 e. The van der Waals surface area contributed by atoms with Gasteiger partial charge in [-0.1, -0.05) is 30.3 Å². The fourth-order valence-corrected chi connectivity index (χ4v) is 6.90. The molecule has 27 heavy (non-hydrogen) atoms. The minimum atomic E-state index is -2.60. The summed E-state index contributed by atoms with van der Waals surface area (Å²) in [6.07, 6.45) is 1.30. The summed E-state index contributed by atoms with van der Waals surface area (Å²) in [5.41, 5.74) is 1.15. The quantitative estimate of drug-likeness (QED) is 0.232. The SMILES string of the molecule is CCOC(=O)CC(SCCC[Si](OCC)(OCC)OCC)c1ccccc1. The first kappa shape index (κ1) is 24.2. The molecule has 1 atom stereocenters. The monoisotopic (exact) mass is 414 g/mol. The van der Waals surface area contributed by atoms with E-state index in [1.807, 2.05) is 45.9 Å². The Morgan fingerprint density at radius 2 is 1.56 bits per heavy atom. The van der Waals surface area contributed by atoms with Crippen LogP contribution in [0.25, 0.3) is 0 Å². The first-order valence-electron chi connectivity index (χ1n) is 9.84. The van der Waals surface area contributed by atoms with Crippen molar-refractivity contribution in [2.75, 3.05) is 32.2 Å². The van der Waals surface area contributed by atoms with Gasteiger partial charge in [-0.3, -0.25) is 4.79 Å². The van der Waals surface area contributed by atoms with Crippen LogP contribution in [0.15, 0.2) is 30.3 Å². The number of carbonyl (C=O) groups excluding carboxylic acids is 1. The molecule has 0 bridgehead atoms. The van der Waals surface area contributed by atoms with Crippen LogP contribution < -0.4 is 0 Å². The molecule has 0 saturated heterocycles. The number of rotatable bonds is 15. The van der Waals surface area contributed by atoms with E-state index in [1.165, 1.54) is 0 Å². The van der Waals surface area contributed by atoms with E-state index in [1.54, 1.807) is 11.8 Å². The minimum absolute atomic E-state index is 0.0904. The zero-order chi connectivity index (χ0) is 20.0. The van der Waals surface area contributed by atoms with Gasteiger partial charge >= 0.3 is 14.8 Å². The van der Waals surface area contributed by atoms with Gasteiger partial charge in [0.05, 0.1) is 13.0 Å². The number of carbonyl (C=O) groups is 1. The van der Waals surface area contributed by atoms with Crippen LogP contribution in [0.4, 0.5) is 0 Å². The lowest BCUT2D eigenvalue weighted by atomic mass is 10.1. The molecule has 0 saturated carbocycles. The first-order chi connectivity index (χ1) is 13.1. The van der Waals surface area contributed by atoms with Gasteiger partial charge in [0, 0.05) is 31.1 Å². The third-order valence-electron chi connectivity index (χ3n) is 3.87. The molecule has 0 aliphatic heterocycles. The molecule has 0 N–H and O–H groups in total. The molecule has 0 aliphatic carbocycles. The highest BCUT2D eigenvalue weighted by Crippen LogP contribution is 2.34. The standard InChI is InChI=1S/C20H34O5SSi/c1-5-22-20(21)17-19(18-13-10-9-11-14-18)26-15-12-16-27(23-6-2,24-7-3)25-8-4/h9-11,13-14,19H,5-8,12,15-17H2,1-4H3. The summed E-state index contributed by atoms with van der Waals surface area (Å²) in [7, 11) is -2.60. The van der Waals surface area contributed by atoms with Crippen LogP contribution >= 0.6 is 11.8 Å². The topological polar surface area (TPSA) is 54.0 Å². The van der Waals surface area contributed by atoms with E-state index in [0.29, 0.717) is 32.8 Å². The predicted octanol–water partition coefficient (Wildman–Crippen LogP) is 4.85. The number of hydrogen-bond donors (Lipinski definition) is 0. The summed E-state index contributed by atoms with van der Waals surface area (Å²) in [5.74, 6) is 0.751. The number of esters is 1. The number of benzene rings is 1. The van der Waals surface area contributed by atoms with Crippen molar-refractivity contribution in [3.8, 4) is 0 Å². The first-order valence-corrected chi connectivity index (χ1v) is 12.8. The molecule has 0 aliphatic rings. The van der Waals surface area contributed by atoms with E-state index in [0.717, 1.165) is 23.8 Å². The minimum Gasteiger partial charge on any atom is -0.466 e. The lowest BCUT2D eigenvalue weighted by Gasteiger charge is -2.28. The summed E-state index contributed by atoms with van der Waals surface area (Å²) in [5, 5.41) is 0.0904. The van der Waals surface area contributed by atoms with Crippen LogP contribution in [0.2, 0.25) is 6.04 Å². The van der Waals surface area contributed by atoms with Crippen LogP contribution in [0.5, 0.6) is 0 Å². The number of ether oxygens (including phenoxy) is 1. The van der Waals surface area contributed by atoms with Crippen LogP contribution in [0, 0.1) is 0 Å². The average Bonchev–Trinajstić information content (AvgIpc) is 2.66. The maximum atomic E-state index is 12.0. The Kier molecular flexibility index (Phi) is 12.7. The third kappa shape index (κ3) is 9.25. The van der Waals surface area contributed by atoms with Crippen molar-refractivity contribution >= 4 is 26.5 Å². The van der Waals surface area contributed by atoms with Gasteiger partial charge in [0.2, 0.25) is 0 Å². The van der Waals surface area contributed by atoms with E-state index < -0.39 is 8.80 Å². The predicted molar refractivity (Wildman–Crippen MR) is 113 cm³/mol. The molecule has 7 heteroatoms. The Balaban J connectivity index is 2.64. The highest BCUT2D eigenvalue weighted by molar-refractivity contribution is 7.99. The van der Waals surface area contributed by atoms with Gasteiger partial charge in [0.25, 0.3) is 0 Å². The molecule has 0 fully saturated rings. The van der Waals surface area contributed by atoms with Gasteiger partial charge in [-0.25, -0.2) is 0 Å². The Morgan fingerprint density at radius 1 is 0.963 bits per heavy atom. The van der Waals surface area contributed by atoms with E-state index in [4.69, 9.17) is 18.0 Å². The molecular weight excluding hydrogens is 380 g/mol. The maximum Gasteiger partial charge on any atom is 0.500 e. The molecule has 0 radical (unpaired) electrons. The van der Waals surface area contributed by atoms with Gasteiger partial charge in [0.1, 0.15) is 0 Å². The zero-order valence-electron chi connectivity index (χ0n) is 17.1. The highest BCUT2D eigenvalue weighted by atomic mass is 32.2. The molecule has 1 rings (SSSR count). The summed E-state index contributed by atoms with van der Waals surface area (Å²) in [6, 6.07) is 10.9. The van der Waals surface area contributed by atoms with Crippen molar-refractivity contribution in [3.05, 3.63) is 35.9 Å². The Labute approximate surface area is 169 Å². The molecule has 5 nitrogen and oxygen atoms in total. The fourth-order valence-electron chi connectivity index (χ4n) is 2.83. The lowest BCUT2D eigenvalue weighted by Crippen LogP contribution is -2.46. The van der Waals surface area contributed by atoms with Gasteiger partial charge < -0.3 is 18.0 Å². The molecule has 1 aromatic rings. The van der Waals surface area contributed by atoms with E-state index in [2.05, 4.69) is 12.1 Å². The molecule has 0 aromatic heterocycles. The second kappa shape index (κ2) is 14.2. The van der Waals surface area contributed by atoms with Crippen molar-refractivity contribution in [2.24, 2.45) is 0 Å². The Morgan fingerprint density at radius 3 is 2.07 bits per heavy atom. The van der Waals surface area contributed by atoms with Crippen molar-refractivity contribution in [3.63, 3.8) is 0 Å². The number of thioether (sulfide) groups is 1. The maximum absolute atomic E-state index is 12.0. The highest BCUT2D eigenvalue weighted by Gasteiger charge is 2.39. The van der Waals surface area contributed by atoms with Gasteiger partial charge in [-0.05, 0) is 45.4 Å². The second-order valence-corrected chi connectivity index (χ2v) is 9.91. The second-order valence-electron chi connectivity index (χ2n) is 5.86. The summed E-state index contributed by atoms with van der Waals surface area (Å²) < 4.78 is 22.9. The molecule has 1 unspecified atom stereocenters. The molecule has 1 aromatic carbocycles. The largest absolute Gasteiger partial charge is 0.500 e. The van der Waals surface area contributed by atoms with E-state index in [9.17, 15) is 4.79 Å². The van der Waals surface area contributed by atoms with E-state index in [-0.39, 0.29) is 11.2 Å². The number of hydrogen-bond acceptors (Lipinski definition) is 6. The molecule has 0 spiro atoms. The zero-order valence-corrected chi connectivity index (χ0v) is 18.9. The average molecular weight is 415 g/mol. The summed E-state index contributed by atoms with van der Waals surface area (Å²) >= 11 is 1.78. The molecule has 0 amide bonds. The molecular formula is C20H34O5SSi. The lowest BCUT2D eigenvalue weighted by molar-refractivity contribution is -0.143. The summed E-state index contributed by atoms with van der Waals surface area (Å²) in [4.78, 5) is 12.0. The van der Waals surface area contributed by atoms with Gasteiger partial charge in [-0.2, -0.15) is 11.8 Å². The normalized spacial score (nSPS) is 12.7. The van der Waals surface area contributed by atoms with Crippen molar-refractivity contribution in [2.45, 2.75) is 51.8 Å². The Bertz CT molecular complexity index is 497. The van der Waals surface area contributed by atoms with Crippen molar-refractivity contribution in [1.29, 1.82) is 0 Å². The van der Waals surface area contributed by atoms with Crippen LogP contribution in [-0.4, -0.2) is 47.0 Å². The fraction of sp³-hybridized carbons (Fsp3) is 0.650. The summed E-state index contributed by atoms with van der Waals surface area (Å²) in [6.45, 7) is 9.94. The third-order valence-corrected chi connectivity index (χ3v) is 8.38. The van der Waals surface area contributed by atoms with Crippen LogP contribution in [0.1, 0.15) is 51.3 Å². The molecule has 0 heterocycles.